The van der Waals surface area contributed by atoms with Gasteiger partial charge in [-0.3, -0.25) is 0 Å². The van der Waals surface area contributed by atoms with E-state index in [1.807, 2.05) is 19.9 Å². The maximum atomic E-state index is 11.3. The van der Waals surface area contributed by atoms with Gasteiger partial charge in [0.1, 0.15) is 12.9 Å². The second-order valence-electron chi connectivity index (χ2n) is 3.81. The fraction of sp³-hybridized carbons (Fsp3) is 0.333. The van der Waals surface area contributed by atoms with Gasteiger partial charge in [0.25, 0.3) is 0 Å². The van der Waals surface area contributed by atoms with Crippen LogP contribution in [-0.2, 0) is 16.1 Å². The number of carbonyl (C=O) groups excluding carboxylic acids is 2. The van der Waals surface area contributed by atoms with Crippen LogP contribution >= 0.6 is 0 Å². The Balaban J connectivity index is 2.55. The van der Waals surface area contributed by atoms with E-state index < -0.39 is 0 Å². The zero-order valence-corrected chi connectivity index (χ0v) is 8.74. The van der Waals surface area contributed by atoms with Gasteiger partial charge in [-0.1, -0.05) is 13.0 Å². The van der Waals surface area contributed by atoms with Crippen LogP contribution in [-0.4, -0.2) is 12.3 Å². The van der Waals surface area contributed by atoms with Crippen molar-refractivity contribution >= 4 is 12.3 Å². The lowest BCUT2D eigenvalue weighted by molar-refractivity contribution is -0.108. The molecule has 1 aliphatic heterocycles. The van der Waals surface area contributed by atoms with Crippen LogP contribution < -0.4 is 0 Å². The highest BCUT2D eigenvalue weighted by molar-refractivity contribution is 5.94. The molecule has 0 amide bonds. The minimum absolute atomic E-state index is 0.133. The van der Waals surface area contributed by atoms with Crippen LogP contribution in [0.2, 0.25) is 0 Å². The van der Waals surface area contributed by atoms with E-state index in [-0.39, 0.29) is 11.9 Å². The van der Waals surface area contributed by atoms with Crippen molar-refractivity contribution in [3.8, 4) is 0 Å². The number of esters is 1. The minimum atomic E-state index is -0.265. The Kier molecular flexibility index (Phi) is 2.31. The van der Waals surface area contributed by atoms with Gasteiger partial charge in [0, 0.05) is 11.5 Å². The van der Waals surface area contributed by atoms with Crippen LogP contribution in [0.4, 0.5) is 0 Å². The molecule has 1 aliphatic rings. The summed E-state index contributed by atoms with van der Waals surface area (Å²) in [5.41, 5.74) is 3.53. The average molecular weight is 204 g/mol. The number of rotatable bonds is 2. The molecule has 3 nitrogen and oxygen atoms in total. The van der Waals surface area contributed by atoms with Crippen LogP contribution in [0.5, 0.6) is 0 Å². The summed E-state index contributed by atoms with van der Waals surface area (Å²) in [6.45, 7) is 4.11. The highest BCUT2D eigenvalue weighted by Crippen LogP contribution is 2.28. The maximum Gasteiger partial charge on any atom is 0.338 e. The predicted molar refractivity (Wildman–Crippen MR) is 54.8 cm³/mol. The van der Waals surface area contributed by atoms with E-state index in [2.05, 4.69) is 0 Å². The van der Waals surface area contributed by atoms with Crippen molar-refractivity contribution in [2.24, 2.45) is 0 Å². The van der Waals surface area contributed by atoms with Gasteiger partial charge in [-0.05, 0) is 24.1 Å². The number of hydrogen-bond donors (Lipinski definition) is 0. The van der Waals surface area contributed by atoms with E-state index in [0.29, 0.717) is 12.2 Å². The van der Waals surface area contributed by atoms with Gasteiger partial charge in [-0.2, -0.15) is 0 Å². The quantitative estimate of drug-likeness (QED) is 0.546. The van der Waals surface area contributed by atoms with E-state index in [9.17, 15) is 9.59 Å². The lowest BCUT2D eigenvalue weighted by atomic mass is 9.92. The number of aldehydes is 1. The molecule has 1 heterocycles. The van der Waals surface area contributed by atoms with Crippen LogP contribution in [0.25, 0.3) is 0 Å². The van der Waals surface area contributed by atoms with Gasteiger partial charge in [-0.25, -0.2) is 4.79 Å². The van der Waals surface area contributed by atoms with Gasteiger partial charge in [-0.15, -0.1) is 0 Å². The van der Waals surface area contributed by atoms with Gasteiger partial charge in [0.2, 0.25) is 0 Å². The van der Waals surface area contributed by atoms with E-state index >= 15 is 0 Å². The Labute approximate surface area is 88.1 Å². The van der Waals surface area contributed by atoms with Gasteiger partial charge in [0.15, 0.2) is 0 Å². The molecule has 0 saturated carbocycles. The number of cyclic esters (lactones) is 1. The molecule has 1 atom stereocenters. The molecule has 3 heteroatoms. The molecule has 0 aromatic heterocycles. The zero-order valence-electron chi connectivity index (χ0n) is 8.74. The van der Waals surface area contributed by atoms with Crippen molar-refractivity contribution < 1.29 is 14.3 Å². The minimum Gasteiger partial charge on any atom is -0.457 e. The van der Waals surface area contributed by atoms with E-state index in [4.69, 9.17) is 4.74 Å². The Morgan fingerprint density at radius 2 is 2.20 bits per heavy atom. The fourth-order valence-electron chi connectivity index (χ4n) is 1.93. The average Bonchev–Trinajstić information content (AvgIpc) is 2.61. The first-order chi connectivity index (χ1) is 7.15. The Morgan fingerprint density at radius 3 is 2.87 bits per heavy atom. The molecule has 1 aromatic carbocycles. The van der Waals surface area contributed by atoms with Crippen LogP contribution in [0.15, 0.2) is 12.1 Å². The number of ether oxygens (including phenoxy) is 1. The lowest BCUT2D eigenvalue weighted by Crippen LogP contribution is -2.02. The van der Waals surface area contributed by atoms with Crippen LogP contribution in [0, 0.1) is 6.92 Å². The van der Waals surface area contributed by atoms with Crippen molar-refractivity contribution in [2.45, 2.75) is 26.4 Å². The molecule has 0 bridgehead atoms. The first kappa shape index (κ1) is 9.90. The lowest BCUT2D eigenvalue weighted by Gasteiger charge is -2.10. The van der Waals surface area contributed by atoms with Crippen LogP contribution in [0.3, 0.4) is 0 Å². The molecule has 0 unspecified atom stereocenters. The molecule has 0 radical (unpaired) electrons. The van der Waals surface area contributed by atoms with Crippen LogP contribution in [0.1, 0.15) is 39.9 Å². The summed E-state index contributed by atoms with van der Waals surface area (Å²) in [6.07, 6.45) is 0.909. The SMILES string of the molecule is Cc1c([C@@H](C)C=O)ccc2c1COC2=O. The summed E-state index contributed by atoms with van der Waals surface area (Å²) in [6, 6.07) is 3.58. The number of carbonyl (C=O) groups is 2. The summed E-state index contributed by atoms with van der Waals surface area (Å²) in [4.78, 5) is 22.0. The summed E-state index contributed by atoms with van der Waals surface area (Å²) >= 11 is 0. The summed E-state index contributed by atoms with van der Waals surface area (Å²) in [5, 5.41) is 0. The van der Waals surface area contributed by atoms with Crippen molar-refractivity contribution in [3.05, 3.63) is 34.4 Å². The van der Waals surface area contributed by atoms with E-state index in [1.54, 1.807) is 6.07 Å². The van der Waals surface area contributed by atoms with Crippen molar-refractivity contribution in [1.82, 2.24) is 0 Å². The van der Waals surface area contributed by atoms with Gasteiger partial charge >= 0.3 is 5.97 Å². The van der Waals surface area contributed by atoms with Gasteiger partial charge in [0.05, 0.1) is 5.56 Å². The molecule has 0 saturated heterocycles. The molecule has 0 aliphatic carbocycles. The highest BCUT2D eigenvalue weighted by Gasteiger charge is 2.24. The molecule has 0 fully saturated rings. The third-order valence-corrected chi connectivity index (χ3v) is 2.90. The monoisotopic (exact) mass is 204 g/mol. The molecule has 1 aromatic rings. The van der Waals surface area contributed by atoms with Crippen molar-refractivity contribution in [3.63, 3.8) is 0 Å². The number of benzene rings is 1. The Bertz CT molecular complexity index is 435. The highest BCUT2D eigenvalue weighted by atomic mass is 16.5. The molecule has 2 rings (SSSR count). The van der Waals surface area contributed by atoms with E-state index in [1.165, 1.54) is 0 Å². The van der Waals surface area contributed by atoms with Crippen molar-refractivity contribution in [1.29, 1.82) is 0 Å². The van der Waals surface area contributed by atoms with Crippen molar-refractivity contribution in [2.75, 3.05) is 0 Å². The molecule has 0 N–H and O–H groups in total. The molecular weight excluding hydrogens is 192 g/mol. The summed E-state index contributed by atoms with van der Waals surface area (Å²) < 4.78 is 4.95. The summed E-state index contributed by atoms with van der Waals surface area (Å²) in [5.74, 6) is -0.399. The summed E-state index contributed by atoms with van der Waals surface area (Å²) in [7, 11) is 0. The predicted octanol–water partition coefficient (Wildman–Crippen LogP) is 1.97. The Morgan fingerprint density at radius 1 is 1.47 bits per heavy atom. The second-order valence-corrected chi connectivity index (χ2v) is 3.81. The maximum absolute atomic E-state index is 11.3. The smallest absolute Gasteiger partial charge is 0.338 e. The molecular formula is C12H12O3. The second kappa shape index (κ2) is 3.50. The number of hydrogen-bond acceptors (Lipinski definition) is 3. The first-order valence-electron chi connectivity index (χ1n) is 4.90. The normalized spacial score (nSPS) is 15.7. The topological polar surface area (TPSA) is 43.4 Å². The molecule has 15 heavy (non-hydrogen) atoms. The number of fused-ring (bicyclic) bond motifs is 1. The third kappa shape index (κ3) is 1.44. The zero-order chi connectivity index (χ0) is 11.0. The third-order valence-electron chi connectivity index (χ3n) is 2.90. The first-order valence-corrected chi connectivity index (χ1v) is 4.90. The fourth-order valence-corrected chi connectivity index (χ4v) is 1.93. The van der Waals surface area contributed by atoms with Gasteiger partial charge < -0.3 is 9.53 Å². The standard InChI is InChI=1S/C12H12O3/c1-7(5-13)9-3-4-10-11(8(9)2)6-15-12(10)14/h3-5,7H,6H2,1-2H3/t7-/m0/s1. The largest absolute Gasteiger partial charge is 0.457 e. The molecule has 0 spiro atoms. The van der Waals surface area contributed by atoms with E-state index in [0.717, 1.165) is 23.0 Å². The molecule has 78 valence electrons. The Hall–Kier alpha value is -1.64.